The van der Waals surface area contributed by atoms with Crippen LogP contribution in [-0.2, 0) is 20.2 Å². The summed E-state index contributed by atoms with van der Waals surface area (Å²) in [4.78, 5) is 13.0. The molecule has 2 aromatic rings. The van der Waals surface area contributed by atoms with Gasteiger partial charge in [0.25, 0.3) is 0 Å². The molecule has 7 heteroatoms. The molecule has 0 saturated heterocycles. The van der Waals surface area contributed by atoms with Gasteiger partial charge in [0.2, 0.25) is 15.9 Å². The van der Waals surface area contributed by atoms with E-state index in [0.29, 0.717) is 11.4 Å². The summed E-state index contributed by atoms with van der Waals surface area (Å²) in [5.74, 6) is 0.00266. The Labute approximate surface area is 186 Å². The second-order valence-corrected chi connectivity index (χ2v) is 10.9. The van der Waals surface area contributed by atoms with Crippen LogP contribution in [0.25, 0.3) is 0 Å². The van der Waals surface area contributed by atoms with Crippen LogP contribution in [0.15, 0.2) is 42.5 Å². The minimum absolute atomic E-state index is 0.0440. The quantitative estimate of drug-likeness (QED) is 0.687. The number of ether oxygens (including phenoxy) is 1. The summed E-state index contributed by atoms with van der Waals surface area (Å²) in [6.45, 7) is 11.8. The van der Waals surface area contributed by atoms with Crippen molar-refractivity contribution in [2.45, 2.75) is 59.0 Å². The number of nitrogens with zero attached hydrogens (tertiary/aromatic N) is 1. The first kappa shape index (κ1) is 24.7. The maximum atomic E-state index is 13.0. The molecule has 2 rings (SSSR count). The lowest BCUT2D eigenvalue weighted by Crippen LogP contribution is -2.48. The summed E-state index contributed by atoms with van der Waals surface area (Å²) >= 11 is 0. The Morgan fingerprint density at radius 1 is 1.06 bits per heavy atom. The summed E-state index contributed by atoms with van der Waals surface area (Å²) < 4.78 is 31.7. The number of carbonyl (C=O) groups excluding carboxylic acids is 1. The molecule has 0 aliphatic carbocycles. The van der Waals surface area contributed by atoms with Crippen molar-refractivity contribution in [2.75, 3.05) is 17.7 Å². The van der Waals surface area contributed by atoms with Gasteiger partial charge in [-0.05, 0) is 55.0 Å². The normalized spacial score (nSPS) is 13.9. The van der Waals surface area contributed by atoms with Crippen LogP contribution in [0.2, 0.25) is 0 Å². The molecule has 1 N–H and O–H groups in total. The smallest absolute Gasteiger partial charge is 0.244 e. The minimum Gasteiger partial charge on any atom is -0.495 e. The molecule has 0 aromatic heterocycles. The minimum atomic E-state index is -3.74. The molecule has 0 spiro atoms. The lowest BCUT2D eigenvalue weighted by Gasteiger charge is -2.30. The number of aryl methyl sites for hydroxylation is 1. The van der Waals surface area contributed by atoms with Gasteiger partial charge in [0, 0.05) is 0 Å². The Morgan fingerprint density at radius 3 is 2.13 bits per heavy atom. The van der Waals surface area contributed by atoms with Crippen LogP contribution in [0.1, 0.15) is 57.4 Å². The molecular formula is C24H34N2O4S. The van der Waals surface area contributed by atoms with Crippen molar-refractivity contribution in [3.8, 4) is 5.75 Å². The molecule has 0 heterocycles. The van der Waals surface area contributed by atoms with Crippen LogP contribution in [0, 0.1) is 6.92 Å². The zero-order valence-corrected chi connectivity index (χ0v) is 20.5. The fourth-order valence-electron chi connectivity index (χ4n) is 3.44. The zero-order valence-electron chi connectivity index (χ0n) is 19.7. The SMILES string of the molecule is COc1ccc(C)cc1N([C@H](C)C(=O)N[C@@H](C)c1ccc(C(C)(C)C)cc1)S(C)(=O)=O. The van der Waals surface area contributed by atoms with E-state index in [1.165, 1.54) is 12.7 Å². The molecule has 0 fully saturated rings. The van der Waals surface area contributed by atoms with Crippen LogP contribution >= 0.6 is 0 Å². The van der Waals surface area contributed by atoms with Gasteiger partial charge in [-0.3, -0.25) is 9.10 Å². The van der Waals surface area contributed by atoms with E-state index in [9.17, 15) is 13.2 Å². The maximum absolute atomic E-state index is 13.0. The third-order valence-corrected chi connectivity index (χ3v) is 6.52. The molecule has 0 aliphatic heterocycles. The molecule has 0 saturated carbocycles. The molecule has 31 heavy (non-hydrogen) atoms. The largest absolute Gasteiger partial charge is 0.495 e. The average Bonchev–Trinajstić information content (AvgIpc) is 2.66. The van der Waals surface area contributed by atoms with Crippen LogP contribution in [0.3, 0.4) is 0 Å². The predicted molar refractivity (Wildman–Crippen MR) is 126 cm³/mol. The number of hydrogen-bond acceptors (Lipinski definition) is 4. The molecule has 1 amide bonds. The molecule has 6 nitrogen and oxygen atoms in total. The second-order valence-electron chi connectivity index (χ2n) is 9.01. The van der Waals surface area contributed by atoms with Crippen molar-refractivity contribution in [3.63, 3.8) is 0 Å². The van der Waals surface area contributed by atoms with Gasteiger partial charge in [0.15, 0.2) is 0 Å². The molecule has 2 atom stereocenters. The highest BCUT2D eigenvalue weighted by atomic mass is 32.2. The second kappa shape index (κ2) is 9.30. The number of amides is 1. The number of anilines is 1. The Hall–Kier alpha value is -2.54. The Bertz CT molecular complexity index is 1020. The number of nitrogens with one attached hydrogen (secondary N) is 1. The first-order valence-electron chi connectivity index (χ1n) is 10.3. The molecule has 2 aromatic carbocycles. The number of methoxy groups -OCH3 is 1. The highest BCUT2D eigenvalue weighted by Crippen LogP contribution is 2.33. The molecular weight excluding hydrogens is 412 g/mol. The maximum Gasteiger partial charge on any atom is 0.244 e. The summed E-state index contributed by atoms with van der Waals surface area (Å²) in [5.41, 5.74) is 3.41. The van der Waals surface area contributed by atoms with Crippen molar-refractivity contribution in [1.82, 2.24) is 5.32 Å². The van der Waals surface area contributed by atoms with E-state index in [4.69, 9.17) is 4.74 Å². The van der Waals surface area contributed by atoms with Gasteiger partial charge < -0.3 is 10.1 Å². The summed E-state index contributed by atoms with van der Waals surface area (Å²) in [6, 6.07) is 12.1. The van der Waals surface area contributed by atoms with E-state index in [1.54, 1.807) is 19.1 Å². The summed E-state index contributed by atoms with van der Waals surface area (Å²) in [6.07, 6.45) is 1.09. The van der Waals surface area contributed by atoms with Gasteiger partial charge >= 0.3 is 0 Å². The van der Waals surface area contributed by atoms with E-state index in [1.807, 2.05) is 32.0 Å². The van der Waals surface area contributed by atoms with Gasteiger partial charge in [-0.2, -0.15) is 0 Å². The summed E-state index contributed by atoms with van der Waals surface area (Å²) in [5, 5.41) is 2.94. The van der Waals surface area contributed by atoms with Gasteiger partial charge in [0.05, 0.1) is 25.1 Å². The van der Waals surface area contributed by atoms with Crippen molar-refractivity contribution >= 4 is 21.6 Å². The average molecular weight is 447 g/mol. The van der Waals surface area contributed by atoms with Crippen molar-refractivity contribution in [1.29, 1.82) is 0 Å². The topological polar surface area (TPSA) is 75.7 Å². The number of carbonyl (C=O) groups is 1. The molecule has 0 bridgehead atoms. The fraction of sp³-hybridized carbons (Fsp3) is 0.458. The predicted octanol–water partition coefficient (Wildman–Crippen LogP) is 4.33. The number of hydrogen-bond donors (Lipinski definition) is 1. The van der Waals surface area contributed by atoms with Gasteiger partial charge in [0.1, 0.15) is 11.8 Å². The third kappa shape index (κ3) is 6.00. The van der Waals surface area contributed by atoms with E-state index >= 15 is 0 Å². The lowest BCUT2D eigenvalue weighted by molar-refractivity contribution is -0.122. The Balaban J connectivity index is 2.29. The van der Waals surface area contributed by atoms with Gasteiger partial charge in [-0.25, -0.2) is 8.42 Å². The monoisotopic (exact) mass is 446 g/mol. The van der Waals surface area contributed by atoms with Gasteiger partial charge in [-0.1, -0.05) is 51.1 Å². The van der Waals surface area contributed by atoms with Crippen molar-refractivity contribution in [2.24, 2.45) is 0 Å². The number of rotatable bonds is 7. The van der Waals surface area contributed by atoms with Crippen molar-refractivity contribution in [3.05, 3.63) is 59.2 Å². The Morgan fingerprint density at radius 2 is 1.65 bits per heavy atom. The lowest BCUT2D eigenvalue weighted by atomic mass is 9.86. The Kier molecular flexibility index (Phi) is 7.42. The fourth-order valence-corrected chi connectivity index (χ4v) is 4.61. The van der Waals surface area contributed by atoms with E-state index in [0.717, 1.165) is 21.7 Å². The van der Waals surface area contributed by atoms with E-state index in [2.05, 4.69) is 38.2 Å². The van der Waals surface area contributed by atoms with Crippen LogP contribution in [0.5, 0.6) is 5.75 Å². The molecule has 0 radical (unpaired) electrons. The van der Waals surface area contributed by atoms with Crippen molar-refractivity contribution < 1.29 is 17.9 Å². The van der Waals surface area contributed by atoms with Crippen LogP contribution < -0.4 is 14.4 Å². The van der Waals surface area contributed by atoms with Gasteiger partial charge in [-0.15, -0.1) is 0 Å². The zero-order chi connectivity index (χ0) is 23.6. The molecule has 170 valence electrons. The van der Waals surface area contributed by atoms with E-state index < -0.39 is 16.1 Å². The first-order valence-corrected chi connectivity index (χ1v) is 12.2. The van der Waals surface area contributed by atoms with E-state index in [-0.39, 0.29) is 17.4 Å². The number of benzene rings is 2. The third-order valence-electron chi connectivity index (χ3n) is 5.30. The highest BCUT2D eigenvalue weighted by molar-refractivity contribution is 7.92. The van der Waals surface area contributed by atoms with Crippen LogP contribution in [-0.4, -0.2) is 33.7 Å². The molecule has 0 aliphatic rings. The summed E-state index contributed by atoms with van der Waals surface area (Å²) in [7, 11) is -2.27. The number of sulfonamides is 1. The first-order chi connectivity index (χ1) is 14.3. The standard InChI is InChI=1S/C24H34N2O4S/c1-16-9-14-22(30-7)21(15-16)26(31(8,28)29)18(3)23(27)25-17(2)19-10-12-20(13-11-19)24(4,5)6/h9-15,17-18H,1-8H3,(H,25,27)/t17-,18+/m0/s1. The molecule has 0 unspecified atom stereocenters. The highest BCUT2D eigenvalue weighted by Gasteiger charge is 2.32. The van der Waals surface area contributed by atoms with Crippen LogP contribution in [0.4, 0.5) is 5.69 Å².